The summed E-state index contributed by atoms with van der Waals surface area (Å²) in [6.07, 6.45) is 5.45. The average molecular weight is 212 g/mol. The van der Waals surface area contributed by atoms with Crippen LogP contribution < -0.4 is 5.32 Å². The minimum atomic E-state index is 0.643. The van der Waals surface area contributed by atoms with Crippen molar-refractivity contribution in [1.29, 1.82) is 0 Å². The highest BCUT2D eigenvalue weighted by Gasteiger charge is 2.29. The largest absolute Gasteiger partial charge is 0.313 e. The van der Waals surface area contributed by atoms with E-state index in [2.05, 4.69) is 37.9 Å². The molecule has 0 spiro atoms. The molecule has 90 valence electrons. The fourth-order valence-electron chi connectivity index (χ4n) is 2.76. The number of likely N-dealkylation sites (N-methyl/N-ethyl adjacent to an activating group) is 1. The van der Waals surface area contributed by atoms with E-state index in [9.17, 15) is 0 Å². The first-order valence-corrected chi connectivity index (χ1v) is 6.69. The molecule has 0 amide bonds. The summed E-state index contributed by atoms with van der Waals surface area (Å²) in [5.41, 5.74) is 0. The number of likely N-dealkylation sites (tertiary alicyclic amines) is 1. The van der Waals surface area contributed by atoms with Crippen LogP contribution in [0.25, 0.3) is 0 Å². The van der Waals surface area contributed by atoms with Gasteiger partial charge in [-0.3, -0.25) is 4.90 Å². The zero-order valence-electron chi connectivity index (χ0n) is 10.9. The van der Waals surface area contributed by atoms with Gasteiger partial charge in [0.05, 0.1) is 0 Å². The second kappa shape index (κ2) is 6.49. The Morgan fingerprint density at radius 1 is 1.27 bits per heavy atom. The number of hydrogen-bond acceptors (Lipinski definition) is 2. The van der Waals surface area contributed by atoms with Crippen LogP contribution in [0.15, 0.2) is 0 Å². The predicted octanol–water partition coefficient (Wildman–Crippen LogP) is 2.64. The highest BCUT2D eigenvalue weighted by atomic mass is 15.2. The van der Waals surface area contributed by atoms with Crippen molar-refractivity contribution in [2.45, 2.75) is 71.5 Å². The minimum Gasteiger partial charge on any atom is -0.313 e. The van der Waals surface area contributed by atoms with Crippen LogP contribution >= 0.6 is 0 Å². The van der Waals surface area contributed by atoms with Gasteiger partial charge < -0.3 is 5.32 Å². The second-order valence-corrected chi connectivity index (χ2v) is 4.90. The van der Waals surface area contributed by atoms with Crippen LogP contribution in [-0.2, 0) is 0 Å². The molecule has 1 heterocycles. The maximum absolute atomic E-state index is 3.58. The molecule has 0 saturated carbocycles. The van der Waals surface area contributed by atoms with Gasteiger partial charge in [0.1, 0.15) is 0 Å². The first kappa shape index (κ1) is 13.0. The number of piperidine rings is 1. The summed E-state index contributed by atoms with van der Waals surface area (Å²) in [7, 11) is 0. The molecule has 1 rings (SSSR count). The second-order valence-electron chi connectivity index (χ2n) is 4.90. The first-order valence-electron chi connectivity index (χ1n) is 6.69. The van der Waals surface area contributed by atoms with Crippen molar-refractivity contribution in [3.05, 3.63) is 0 Å². The Bertz CT molecular complexity index is 170. The third-order valence-electron chi connectivity index (χ3n) is 3.85. The lowest BCUT2D eigenvalue weighted by molar-refractivity contribution is 0.0787. The van der Waals surface area contributed by atoms with Gasteiger partial charge in [-0.25, -0.2) is 0 Å². The molecule has 0 radical (unpaired) electrons. The van der Waals surface area contributed by atoms with Crippen LogP contribution in [0, 0.1) is 0 Å². The molecular formula is C13H28N2. The summed E-state index contributed by atoms with van der Waals surface area (Å²) in [5, 5.41) is 3.58. The van der Waals surface area contributed by atoms with E-state index in [-0.39, 0.29) is 0 Å². The Morgan fingerprint density at radius 3 is 2.60 bits per heavy atom. The molecule has 0 aliphatic carbocycles. The van der Waals surface area contributed by atoms with Gasteiger partial charge in [-0.2, -0.15) is 0 Å². The van der Waals surface area contributed by atoms with Crippen LogP contribution in [0.2, 0.25) is 0 Å². The minimum absolute atomic E-state index is 0.643. The monoisotopic (exact) mass is 212 g/mol. The van der Waals surface area contributed by atoms with E-state index in [1.54, 1.807) is 0 Å². The van der Waals surface area contributed by atoms with Gasteiger partial charge >= 0.3 is 0 Å². The zero-order valence-corrected chi connectivity index (χ0v) is 10.9. The zero-order chi connectivity index (χ0) is 11.3. The molecule has 1 fully saturated rings. The Balaban J connectivity index is 2.56. The third kappa shape index (κ3) is 3.46. The van der Waals surface area contributed by atoms with Crippen molar-refractivity contribution in [3.63, 3.8) is 0 Å². The Kier molecular flexibility index (Phi) is 5.62. The topological polar surface area (TPSA) is 15.3 Å². The lowest BCUT2D eigenvalue weighted by Gasteiger charge is -2.43. The third-order valence-corrected chi connectivity index (χ3v) is 3.85. The molecule has 0 aromatic rings. The number of nitrogens with zero attached hydrogens (tertiary/aromatic N) is 1. The van der Waals surface area contributed by atoms with Gasteiger partial charge in [0.15, 0.2) is 0 Å². The molecule has 3 unspecified atom stereocenters. The molecule has 1 aliphatic heterocycles. The van der Waals surface area contributed by atoms with E-state index in [4.69, 9.17) is 0 Å². The fraction of sp³-hybridized carbons (Fsp3) is 1.00. The lowest BCUT2D eigenvalue weighted by atomic mass is 9.94. The van der Waals surface area contributed by atoms with E-state index >= 15 is 0 Å². The first-order chi connectivity index (χ1) is 7.20. The molecule has 0 aromatic carbocycles. The number of rotatable bonds is 5. The van der Waals surface area contributed by atoms with E-state index in [1.807, 2.05) is 0 Å². The van der Waals surface area contributed by atoms with Gasteiger partial charge in [0.25, 0.3) is 0 Å². The van der Waals surface area contributed by atoms with Gasteiger partial charge in [0.2, 0.25) is 0 Å². The van der Waals surface area contributed by atoms with Crippen molar-refractivity contribution in [2.24, 2.45) is 0 Å². The molecule has 1 aliphatic rings. The quantitative estimate of drug-likeness (QED) is 0.753. The molecule has 1 N–H and O–H groups in total. The van der Waals surface area contributed by atoms with Gasteiger partial charge in [-0.15, -0.1) is 0 Å². The van der Waals surface area contributed by atoms with E-state index < -0.39 is 0 Å². The van der Waals surface area contributed by atoms with E-state index in [1.165, 1.54) is 32.2 Å². The smallest absolute Gasteiger partial charge is 0.0249 e. The fourth-order valence-corrected chi connectivity index (χ4v) is 2.76. The Morgan fingerprint density at radius 2 is 2.00 bits per heavy atom. The van der Waals surface area contributed by atoms with E-state index in [0.717, 1.165) is 18.6 Å². The highest BCUT2D eigenvalue weighted by molar-refractivity contribution is 4.87. The maximum atomic E-state index is 3.58. The van der Waals surface area contributed by atoms with Crippen LogP contribution in [-0.4, -0.2) is 36.1 Å². The molecule has 2 heteroatoms. The van der Waals surface area contributed by atoms with Crippen LogP contribution in [0.1, 0.15) is 53.4 Å². The van der Waals surface area contributed by atoms with Crippen LogP contribution in [0.4, 0.5) is 0 Å². The highest BCUT2D eigenvalue weighted by Crippen LogP contribution is 2.23. The number of hydrogen-bond donors (Lipinski definition) is 1. The predicted molar refractivity (Wildman–Crippen MR) is 67.2 cm³/mol. The summed E-state index contributed by atoms with van der Waals surface area (Å²) >= 11 is 0. The Hall–Kier alpha value is -0.0800. The standard InChI is InChI=1S/C13H28N2/c1-5-11(3)15-10-8-7-9-13(15)12(4)14-6-2/h11-14H,5-10H2,1-4H3. The molecule has 2 nitrogen and oxygen atoms in total. The summed E-state index contributed by atoms with van der Waals surface area (Å²) in [5.74, 6) is 0. The van der Waals surface area contributed by atoms with Crippen LogP contribution in [0.3, 0.4) is 0 Å². The average Bonchev–Trinajstić information content (AvgIpc) is 2.28. The molecule has 15 heavy (non-hydrogen) atoms. The molecule has 0 bridgehead atoms. The van der Waals surface area contributed by atoms with Crippen molar-refractivity contribution in [1.82, 2.24) is 10.2 Å². The van der Waals surface area contributed by atoms with E-state index in [0.29, 0.717) is 6.04 Å². The van der Waals surface area contributed by atoms with Gasteiger partial charge in [0, 0.05) is 18.1 Å². The summed E-state index contributed by atoms with van der Waals surface area (Å²) < 4.78 is 0. The normalized spacial score (nSPS) is 27.6. The van der Waals surface area contributed by atoms with Crippen molar-refractivity contribution < 1.29 is 0 Å². The van der Waals surface area contributed by atoms with Crippen molar-refractivity contribution >= 4 is 0 Å². The summed E-state index contributed by atoms with van der Waals surface area (Å²) in [6.45, 7) is 11.6. The lowest BCUT2D eigenvalue weighted by Crippen LogP contribution is -2.53. The van der Waals surface area contributed by atoms with Crippen molar-refractivity contribution in [3.8, 4) is 0 Å². The Labute approximate surface area is 95.4 Å². The molecule has 3 atom stereocenters. The van der Waals surface area contributed by atoms with Crippen LogP contribution in [0.5, 0.6) is 0 Å². The van der Waals surface area contributed by atoms with Gasteiger partial charge in [-0.05, 0) is 46.2 Å². The molecule has 1 saturated heterocycles. The maximum Gasteiger partial charge on any atom is 0.0249 e. The summed E-state index contributed by atoms with van der Waals surface area (Å²) in [6, 6.07) is 2.15. The van der Waals surface area contributed by atoms with Gasteiger partial charge in [-0.1, -0.05) is 20.3 Å². The SMILES string of the molecule is CCNC(C)C1CCCCN1C(C)CC. The summed E-state index contributed by atoms with van der Waals surface area (Å²) in [4.78, 5) is 2.72. The molecular weight excluding hydrogens is 184 g/mol. The van der Waals surface area contributed by atoms with Crippen molar-refractivity contribution in [2.75, 3.05) is 13.1 Å². The number of nitrogens with one attached hydrogen (secondary N) is 1. The molecule has 0 aromatic heterocycles.